The molecule has 4 aliphatic rings. The van der Waals surface area contributed by atoms with Crippen LogP contribution in [-0.2, 0) is 4.74 Å². The van der Waals surface area contributed by atoms with Crippen LogP contribution in [0, 0.1) is 11.3 Å². The molecule has 0 unspecified atom stereocenters. The maximum atomic E-state index is 5.52. The number of hydrogen-bond donors (Lipinski definition) is 0. The Morgan fingerprint density at radius 2 is 1.56 bits per heavy atom. The van der Waals surface area contributed by atoms with E-state index in [1.54, 1.807) is 11.3 Å². The van der Waals surface area contributed by atoms with E-state index in [1.165, 1.54) is 84.1 Å². The first kappa shape index (κ1) is 18.0. The number of hydrogen-bond acceptors (Lipinski definition) is 3. The lowest BCUT2D eigenvalue weighted by molar-refractivity contribution is 0.0517. The van der Waals surface area contributed by atoms with Crippen LogP contribution >= 0.6 is 0 Å². The summed E-state index contributed by atoms with van der Waals surface area (Å²) in [6.45, 7) is 8.05. The van der Waals surface area contributed by atoms with Gasteiger partial charge in [0.15, 0.2) is 0 Å². The number of rotatable bonds is 4. The van der Waals surface area contributed by atoms with E-state index in [2.05, 4.69) is 34.1 Å². The van der Waals surface area contributed by atoms with E-state index in [9.17, 15) is 0 Å². The zero-order chi connectivity index (χ0) is 18.1. The molecule has 1 aromatic rings. The van der Waals surface area contributed by atoms with Gasteiger partial charge in [-0.3, -0.25) is 4.90 Å². The Bertz CT molecular complexity index is 617. The Kier molecular flexibility index (Phi) is 5.17. The monoisotopic (exact) mass is 368 g/mol. The zero-order valence-corrected chi connectivity index (χ0v) is 16.9. The molecular weight excluding hydrogens is 332 g/mol. The fraction of sp³-hybridized carbons (Fsp3) is 0.750. The van der Waals surface area contributed by atoms with Crippen molar-refractivity contribution in [2.75, 3.05) is 50.8 Å². The fourth-order valence-electron chi connectivity index (χ4n) is 5.80. The van der Waals surface area contributed by atoms with Gasteiger partial charge in [0.05, 0.1) is 0 Å². The molecule has 5 rings (SSSR count). The number of para-hydroxylation sites is 1. The largest absolute Gasteiger partial charge is 0.381 e. The molecule has 2 saturated heterocycles. The van der Waals surface area contributed by atoms with E-state index in [4.69, 9.17) is 4.74 Å². The summed E-state index contributed by atoms with van der Waals surface area (Å²) in [5, 5.41) is 0. The minimum atomic E-state index is 0.793. The first-order valence-corrected chi connectivity index (χ1v) is 11.5. The second-order valence-electron chi connectivity index (χ2n) is 9.68. The van der Waals surface area contributed by atoms with Crippen LogP contribution in [0.15, 0.2) is 24.3 Å². The number of ether oxygens (including phenoxy) is 1. The summed E-state index contributed by atoms with van der Waals surface area (Å²) in [6.07, 6.45) is 11.3. The molecule has 0 aromatic heterocycles. The van der Waals surface area contributed by atoms with Gasteiger partial charge in [-0.25, -0.2) is 0 Å². The smallest absolute Gasteiger partial charge is 0.0469 e. The lowest BCUT2D eigenvalue weighted by atomic mass is 9.76. The quantitative estimate of drug-likeness (QED) is 0.768. The number of benzene rings is 1. The van der Waals surface area contributed by atoms with Gasteiger partial charge >= 0.3 is 0 Å². The highest BCUT2D eigenvalue weighted by atomic mass is 16.5. The van der Waals surface area contributed by atoms with E-state index < -0.39 is 0 Å². The molecular formula is C24H36N2O. The van der Waals surface area contributed by atoms with Crippen molar-refractivity contribution in [1.82, 2.24) is 4.90 Å². The Labute approximate surface area is 165 Å². The third kappa shape index (κ3) is 4.05. The van der Waals surface area contributed by atoms with E-state index in [0.717, 1.165) is 30.5 Å². The van der Waals surface area contributed by atoms with Crippen LogP contribution in [0.25, 0.3) is 0 Å². The minimum absolute atomic E-state index is 0.793. The number of nitrogens with zero attached hydrogens (tertiary/aromatic N) is 2. The molecule has 0 amide bonds. The second kappa shape index (κ2) is 7.75. The summed E-state index contributed by atoms with van der Waals surface area (Å²) < 4.78 is 5.52. The lowest BCUT2D eigenvalue weighted by Crippen LogP contribution is -2.48. The Hall–Kier alpha value is -1.06. The standard InChI is InChI=1S/C24H36N2O/c1-2-4-23(22(3-1)21-5-9-24(10-6-21)11-12-24)26-15-13-25(14-16-26)19-20-7-17-27-18-8-20/h1-4,20-21H,5-19H2. The molecule has 2 aliphatic carbocycles. The molecule has 3 nitrogen and oxygen atoms in total. The van der Waals surface area contributed by atoms with Gasteiger partial charge in [-0.15, -0.1) is 0 Å². The normalized spacial score (nSPS) is 27.2. The Morgan fingerprint density at radius 1 is 0.852 bits per heavy atom. The lowest BCUT2D eigenvalue weighted by Gasteiger charge is -2.40. The maximum Gasteiger partial charge on any atom is 0.0469 e. The van der Waals surface area contributed by atoms with E-state index >= 15 is 0 Å². The van der Waals surface area contributed by atoms with Gasteiger partial charge in [-0.05, 0) is 80.2 Å². The second-order valence-corrected chi connectivity index (χ2v) is 9.68. The maximum absolute atomic E-state index is 5.52. The summed E-state index contributed by atoms with van der Waals surface area (Å²) in [7, 11) is 0. The van der Waals surface area contributed by atoms with Crippen LogP contribution in [0.1, 0.15) is 62.8 Å². The predicted octanol–water partition coefficient (Wildman–Crippen LogP) is 4.67. The summed E-state index contributed by atoms with van der Waals surface area (Å²) >= 11 is 0. The molecule has 2 heterocycles. The van der Waals surface area contributed by atoms with Gasteiger partial charge in [0, 0.05) is 51.6 Å². The first-order chi connectivity index (χ1) is 13.3. The van der Waals surface area contributed by atoms with Crippen molar-refractivity contribution in [3.63, 3.8) is 0 Å². The molecule has 2 saturated carbocycles. The van der Waals surface area contributed by atoms with Crippen molar-refractivity contribution < 1.29 is 4.74 Å². The SMILES string of the molecule is c1ccc(N2CCN(CC3CCOCC3)CC2)c(C2CCC3(CC2)CC3)c1. The average molecular weight is 369 g/mol. The summed E-state index contributed by atoms with van der Waals surface area (Å²) in [5.41, 5.74) is 3.98. The van der Waals surface area contributed by atoms with Crippen LogP contribution in [0.5, 0.6) is 0 Å². The molecule has 0 bridgehead atoms. The Balaban J connectivity index is 1.19. The molecule has 1 spiro atoms. The van der Waals surface area contributed by atoms with E-state index in [0.29, 0.717) is 0 Å². The van der Waals surface area contributed by atoms with Gasteiger partial charge in [0.2, 0.25) is 0 Å². The summed E-state index contributed by atoms with van der Waals surface area (Å²) in [6, 6.07) is 9.34. The topological polar surface area (TPSA) is 15.7 Å². The van der Waals surface area contributed by atoms with Crippen LogP contribution in [0.2, 0.25) is 0 Å². The molecule has 3 heteroatoms. The summed E-state index contributed by atoms with van der Waals surface area (Å²) in [5.74, 6) is 1.65. The van der Waals surface area contributed by atoms with Gasteiger partial charge in [0.1, 0.15) is 0 Å². The van der Waals surface area contributed by atoms with Gasteiger partial charge in [0.25, 0.3) is 0 Å². The van der Waals surface area contributed by atoms with Gasteiger partial charge in [-0.2, -0.15) is 0 Å². The van der Waals surface area contributed by atoms with Crippen LogP contribution < -0.4 is 4.90 Å². The van der Waals surface area contributed by atoms with Gasteiger partial charge < -0.3 is 9.64 Å². The highest BCUT2D eigenvalue weighted by Gasteiger charge is 2.45. The molecule has 1 aromatic carbocycles. The van der Waals surface area contributed by atoms with E-state index in [-0.39, 0.29) is 0 Å². The molecule has 2 aliphatic heterocycles. The third-order valence-electron chi connectivity index (χ3n) is 7.95. The molecule has 0 atom stereocenters. The summed E-state index contributed by atoms with van der Waals surface area (Å²) in [4.78, 5) is 5.38. The van der Waals surface area contributed by atoms with Crippen molar-refractivity contribution >= 4 is 5.69 Å². The number of anilines is 1. The van der Waals surface area contributed by atoms with Crippen LogP contribution in [-0.4, -0.2) is 50.8 Å². The number of piperazine rings is 1. The van der Waals surface area contributed by atoms with Crippen molar-refractivity contribution in [1.29, 1.82) is 0 Å². The van der Waals surface area contributed by atoms with Crippen LogP contribution in [0.4, 0.5) is 5.69 Å². The van der Waals surface area contributed by atoms with E-state index in [1.807, 2.05) is 0 Å². The van der Waals surface area contributed by atoms with Crippen molar-refractivity contribution in [3.8, 4) is 0 Å². The fourth-order valence-corrected chi connectivity index (χ4v) is 5.80. The average Bonchev–Trinajstić information content (AvgIpc) is 3.49. The molecule has 148 valence electrons. The molecule has 4 fully saturated rings. The van der Waals surface area contributed by atoms with Crippen molar-refractivity contribution in [2.24, 2.45) is 11.3 Å². The highest BCUT2D eigenvalue weighted by molar-refractivity contribution is 5.55. The van der Waals surface area contributed by atoms with Gasteiger partial charge in [-0.1, -0.05) is 18.2 Å². The molecule has 0 radical (unpaired) electrons. The van der Waals surface area contributed by atoms with Crippen LogP contribution in [0.3, 0.4) is 0 Å². The Morgan fingerprint density at radius 3 is 2.26 bits per heavy atom. The minimum Gasteiger partial charge on any atom is -0.381 e. The van der Waals surface area contributed by atoms with Crippen molar-refractivity contribution in [3.05, 3.63) is 29.8 Å². The third-order valence-corrected chi connectivity index (χ3v) is 7.95. The van der Waals surface area contributed by atoms with Crippen molar-refractivity contribution in [2.45, 2.75) is 57.3 Å². The predicted molar refractivity (Wildman–Crippen MR) is 112 cm³/mol. The molecule has 0 N–H and O–H groups in total. The molecule has 27 heavy (non-hydrogen) atoms. The highest BCUT2D eigenvalue weighted by Crippen LogP contribution is 2.59. The zero-order valence-electron chi connectivity index (χ0n) is 16.9. The first-order valence-electron chi connectivity index (χ1n) is 11.5.